The van der Waals surface area contributed by atoms with Crippen LogP contribution in [-0.4, -0.2) is 35.6 Å². The number of aliphatic carboxylic acids is 1. The fraction of sp³-hybridized carbons (Fsp3) is 0.846. The maximum atomic E-state index is 11.8. The average molecular weight is 254 g/mol. The first kappa shape index (κ1) is 13.3. The number of amides is 1. The fourth-order valence-electron chi connectivity index (χ4n) is 2.74. The first-order valence-corrected chi connectivity index (χ1v) is 6.83. The number of rotatable bonds is 7. The zero-order valence-electron chi connectivity index (χ0n) is 10.7. The predicted octanol–water partition coefficient (Wildman–Crippen LogP) is 0.890. The van der Waals surface area contributed by atoms with Crippen LogP contribution in [0.5, 0.6) is 0 Å². The number of carbonyl (C=O) groups excluding carboxylic acids is 1. The Labute approximate surface area is 107 Å². The molecule has 1 amide bonds. The molecule has 0 heterocycles. The number of hydrogen-bond donors (Lipinski definition) is 3. The largest absolute Gasteiger partial charge is 0.481 e. The van der Waals surface area contributed by atoms with Gasteiger partial charge in [0.25, 0.3) is 0 Å². The molecule has 2 aliphatic carbocycles. The van der Waals surface area contributed by atoms with E-state index < -0.39 is 11.5 Å². The Balaban J connectivity index is 1.76. The van der Waals surface area contributed by atoms with Crippen molar-refractivity contribution >= 4 is 11.9 Å². The van der Waals surface area contributed by atoms with Gasteiger partial charge in [-0.25, -0.2) is 0 Å². The second-order valence-corrected chi connectivity index (χ2v) is 5.68. The van der Waals surface area contributed by atoms with Crippen LogP contribution in [0, 0.1) is 5.92 Å². The molecular weight excluding hydrogens is 232 g/mol. The Morgan fingerprint density at radius 1 is 1.22 bits per heavy atom. The van der Waals surface area contributed by atoms with Gasteiger partial charge < -0.3 is 15.7 Å². The lowest BCUT2D eigenvalue weighted by atomic mass is 9.93. The SMILES string of the molecule is O=C(O)CC1(NC(=O)CNCC2CC2)CCCC1. The Kier molecular flexibility index (Phi) is 4.22. The molecule has 5 heteroatoms. The molecule has 2 fully saturated rings. The lowest BCUT2D eigenvalue weighted by Gasteiger charge is -2.28. The third-order valence-corrected chi connectivity index (χ3v) is 3.87. The van der Waals surface area contributed by atoms with Crippen molar-refractivity contribution in [3.05, 3.63) is 0 Å². The summed E-state index contributed by atoms with van der Waals surface area (Å²) in [4.78, 5) is 22.7. The standard InChI is InChI=1S/C13H22N2O3/c16-11(9-14-8-10-3-4-10)15-13(7-12(17)18)5-1-2-6-13/h10,14H,1-9H2,(H,15,16)(H,17,18). The normalized spacial score (nSPS) is 21.8. The van der Waals surface area contributed by atoms with Gasteiger partial charge in [-0.2, -0.15) is 0 Å². The lowest BCUT2D eigenvalue weighted by Crippen LogP contribution is -2.50. The van der Waals surface area contributed by atoms with Crippen molar-refractivity contribution in [2.24, 2.45) is 5.92 Å². The highest BCUT2D eigenvalue weighted by Gasteiger charge is 2.37. The van der Waals surface area contributed by atoms with Gasteiger partial charge in [0.05, 0.1) is 18.5 Å². The topological polar surface area (TPSA) is 78.4 Å². The lowest BCUT2D eigenvalue weighted by molar-refractivity contribution is -0.139. The Bertz CT molecular complexity index is 320. The summed E-state index contributed by atoms with van der Waals surface area (Å²) in [6.45, 7) is 1.21. The molecule has 0 aliphatic heterocycles. The highest BCUT2D eigenvalue weighted by molar-refractivity contribution is 5.80. The van der Waals surface area contributed by atoms with Crippen molar-refractivity contribution in [1.29, 1.82) is 0 Å². The van der Waals surface area contributed by atoms with Crippen LogP contribution in [0.25, 0.3) is 0 Å². The van der Waals surface area contributed by atoms with Gasteiger partial charge in [-0.1, -0.05) is 12.8 Å². The van der Waals surface area contributed by atoms with Gasteiger partial charge in [-0.05, 0) is 38.1 Å². The van der Waals surface area contributed by atoms with Gasteiger partial charge >= 0.3 is 5.97 Å². The molecule has 2 saturated carbocycles. The van der Waals surface area contributed by atoms with Crippen LogP contribution in [0.2, 0.25) is 0 Å². The van der Waals surface area contributed by atoms with Gasteiger partial charge in [-0.15, -0.1) is 0 Å². The van der Waals surface area contributed by atoms with E-state index in [-0.39, 0.29) is 12.3 Å². The smallest absolute Gasteiger partial charge is 0.305 e. The molecule has 0 aromatic carbocycles. The molecule has 0 saturated heterocycles. The first-order valence-electron chi connectivity index (χ1n) is 6.83. The van der Waals surface area contributed by atoms with Gasteiger partial charge in [-0.3, -0.25) is 9.59 Å². The molecular formula is C13H22N2O3. The van der Waals surface area contributed by atoms with Crippen LogP contribution in [0.15, 0.2) is 0 Å². The van der Waals surface area contributed by atoms with E-state index >= 15 is 0 Å². The summed E-state index contributed by atoms with van der Waals surface area (Å²) in [7, 11) is 0. The van der Waals surface area contributed by atoms with Crippen molar-refractivity contribution in [1.82, 2.24) is 10.6 Å². The van der Waals surface area contributed by atoms with Crippen LogP contribution in [-0.2, 0) is 9.59 Å². The number of carboxylic acid groups (broad SMARTS) is 1. The van der Waals surface area contributed by atoms with Gasteiger partial charge in [0.15, 0.2) is 0 Å². The Hall–Kier alpha value is -1.10. The minimum atomic E-state index is -0.830. The third kappa shape index (κ3) is 3.98. The number of hydrogen-bond acceptors (Lipinski definition) is 3. The number of carbonyl (C=O) groups is 2. The summed E-state index contributed by atoms with van der Waals surface area (Å²) in [5.74, 6) is -0.154. The highest BCUT2D eigenvalue weighted by atomic mass is 16.4. The zero-order chi connectivity index (χ0) is 13.0. The number of carboxylic acids is 1. The Morgan fingerprint density at radius 2 is 1.89 bits per heavy atom. The van der Waals surface area contributed by atoms with E-state index in [2.05, 4.69) is 10.6 Å². The highest BCUT2D eigenvalue weighted by Crippen LogP contribution is 2.32. The second-order valence-electron chi connectivity index (χ2n) is 5.68. The molecule has 0 atom stereocenters. The van der Waals surface area contributed by atoms with E-state index in [1.807, 2.05) is 0 Å². The van der Waals surface area contributed by atoms with E-state index in [1.54, 1.807) is 0 Å². The molecule has 0 radical (unpaired) electrons. The van der Waals surface area contributed by atoms with Crippen LogP contribution < -0.4 is 10.6 Å². The molecule has 0 bridgehead atoms. The molecule has 102 valence electrons. The van der Waals surface area contributed by atoms with E-state index in [4.69, 9.17) is 5.11 Å². The van der Waals surface area contributed by atoms with Crippen molar-refractivity contribution < 1.29 is 14.7 Å². The third-order valence-electron chi connectivity index (χ3n) is 3.87. The molecule has 0 aromatic rings. The summed E-state index contributed by atoms with van der Waals surface area (Å²) in [6, 6.07) is 0. The van der Waals surface area contributed by atoms with Crippen molar-refractivity contribution in [3.8, 4) is 0 Å². The maximum Gasteiger partial charge on any atom is 0.305 e. The molecule has 2 aliphatic rings. The summed E-state index contributed by atoms with van der Waals surface area (Å²) >= 11 is 0. The maximum absolute atomic E-state index is 11.8. The molecule has 0 aromatic heterocycles. The summed E-state index contributed by atoms with van der Waals surface area (Å²) < 4.78 is 0. The van der Waals surface area contributed by atoms with E-state index in [1.165, 1.54) is 12.8 Å². The quantitative estimate of drug-likeness (QED) is 0.630. The monoisotopic (exact) mass is 254 g/mol. The molecule has 3 N–H and O–H groups in total. The van der Waals surface area contributed by atoms with E-state index in [0.717, 1.165) is 38.1 Å². The van der Waals surface area contributed by atoms with Gasteiger partial charge in [0, 0.05) is 0 Å². The van der Waals surface area contributed by atoms with Crippen molar-refractivity contribution in [2.75, 3.05) is 13.1 Å². The van der Waals surface area contributed by atoms with E-state index in [0.29, 0.717) is 6.54 Å². The van der Waals surface area contributed by atoms with Crippen LogP contribution >= 0.6 is 0 Å². The predicted molar refractivity (Wildman–Crippen MR) is 67.2 cm³/mol. The summed E-state index contributed by atoms with van der Waals surface area (Å²) in [5.41, 5.74) is -0.496. The average Bonchev–Trinajstić information content (AvgIpc) is 2.99. The summed E-state index contributed by atoms with van der Waals surface area (Å²) in [6.07, 6.45) is 6.14. The first-order chi connectivity index (χ1) is 8.60. The van der Waals surface area contributed by atoms with Crippen LogP contribution in [0.3, 0.4) is 0 Å². The Morgan fingerprint density at radius 3 is 2.44 bits per heavy atom. The van der Waals surface area contributed by atoms with Crippen LogP contribution in [0.1, 0.15) is 44.9 Å². The molecule has 5 nitrogen and oxygen atoms in total. The minimum Gasteiger partial charge on any atom is -0.481 e. The molecule has 2 rings (SSSR count). The zero-order valence-corrected chi connectivity index (χ0v) is 10.7. The number of nitrogens with one attached hydrogen (secondary N) is 2. The van der Waals surface area contributed by atoms with Crippen molar-refractivity contribution in [3.63, 3.8) is 0 Å². The van der Waals surface area contributed by atoms with Gasteiger partial charge in [0.1, 0.15) is 0 Å². The van der Waals surface area contributed by atoms with Gasteiger partial charge in [0.2, 0.25) is 5.91 Å². The fourth-order valence-corrected chi connectivity index (χ4v) is 2.74. The van der Waals surface area contributed by atoms with Crippen molar-refractivity contribution in [2.45, 2.75) is 50.5 Å². The summed E-state index contributed by atoms with van der Waals surface area (Å²) in [5, 5.41) is 15.0. The molecule has 0 unspecified atom stereocenters. The minimum absolute atomic E-state index is 0.0430. The second kappa shape index (κ2) is 5.69. The molecule has 18 heavy (non-hydrogen) atoms. The van der Waals surface area contributed by atoms with E-state index in [9.17, 15) is 9.59 Å². The van der Waals surface area contributed by atoms with Crippen LogP contribution in [0.4, 0.5) is 0 Å². The molecule has 0 spiro atoms.